The second-order valence-corrected chi connectivity index (χ2v) is 9.41. The van der Waals surface area contributed by atoms with E-state index in [1.165, 1.54) is 51.4 Å². The van der Waals surface area contributed by atoms with Crippen molar-refractivity contribution in [2.75, 3.05) is 13.2 Å². The molecule has 0 N–H and O–H groups in total. The van der Waals surface area contributed by atoms with Gasteiger partial charge in [-0.05, 0) is 68.1 Å². The highest BCUT2D eigenvalue weighted by atomic mass is 16.7. The Kier molecular flexibility index (Phi) is 3.15. The molecule has 3 saturated carbocycles. The van der Waals surface area contributed by atoms with Crippen LogP contribution in [0.3, 0.4) is 0 Å². The molecule has 23 heavy (non-hydrogen) atoms. The van der Waals surface area contributed by atoms with Gasteiger partial charge < -0.3 is 9.47 Å². The molecule has 5 atom stereocenters. The van der Waals surface area contributed by atoms with E-state index >= 15 is 0 Å². The van der Waals surface area contributed by atoms with Crippen LogP contribution in [-0.4, -0.2) is 19.0 Å². The van der Waals surface area contributed by atoms with Crippen molar-refractivity contribution in [2.45, 2.75) is 77.4 Å². The maximum atomic E-state index is 6.25. The molecule has 5 aliphatic rings. The Hall–Kier alpha value is -0.340. The minimum absolute atomic E-state index is 0.236. The molecule has 1 heterocycles. The van der Waals surface area contributed by atoms with Crippen molar-refractivity contribution in [3.63, 3.8) is 0 Å². The first-order valence-electron chi connectivity index (χ1n) is 10.1. The van der Waals surface area contributed by atoms with Crippen LogP contribution < -0.4 is 0 Å². The van der Waals surface area contributed by atoms with Crippen LogP contribution in [0.4, 0.5) is 0 Å². The summed E-state index contributed by atoms with van der Waals surface area (Å²) in [5.74, 6) is 2.35. The number of fused-ring (bicyclic) bond motifs is 6. The molecule has 0 aromatic heterocycles. The lowest BCUT2D eigenvalue weighted by molar-refractivity contribution is -0.242. The topological polar surface area (TPSA) is 18.5 Å². The molecule has 2 nitrogen and oxygen atoms in total. The molecule has 0 unspecified atom stereocenters. The monoisotopic (exact) mass is 316 g/mol. The maximum Gasteiger partial charge on any atom is 0.174 e. The lowest BCUT2D eigenvalue weighted by Crippen LogP contribution is -2.54. The van der Waals surface area contributed by atoms with E-state index in [0.717, 1.165) is 37.4 Å². The van der Waals surface area contributed by atoms with Crippen molar-refractivity contribution in [3.05, 3.63) is 11.6 Å². The fourth-order valence-corrected chi connectivity index (χ4v) is 7.58. The summed E-state index contributed by atoms with van der Waals surface area (Å²) in [7, 11) is 0. The zero-order chi connectivity index (χ0) is 15.7. The maximum absolute atomic E-state index is 6.25. The van der Waals surface area contributed by atoms with Gasteiger partial charge in [0.25, 0.3) is 0 Å². The van der Waals surface area contributed by atoms with Crippen LogP contribution in [0.15, 0.2) is 11.6 Å². The Morgan fingerprint density at radius 3 is 2.57 bits per heavy atom. The molecule has 5 rings (SSSR count). The fraction of sp³-hybridized carbons (Fsp3) is 0.905. The summed E-state index contributed by atoms with van der Waals surface area (Å²) >= 11 is 0. The highest BCUT2D eigenvalue weighted by Gasteiger charge is 2.66. The third-order valence-corrected chi connectivity index (χ3v) is 8.82. The lowest BCUT2D eigenvalue weighted by atomic mass is 9.48. The van der Waals surface area contributed by atoms with E-state index in [9.17, 15) is 0 Å². The molecule has 2 heteroatoms. The summed E-state index contributed by atoms with van der Waals surface area (Å²) in [5, 5.41) is 0. The zero-order valence-electron chi connectivity index (χ0n) is 14.9. The van der Waals surface area contributed by atoms with Gasteiger partial charge >= 0.3 is 0 Å². The molecule has 1 saturated heterocycles. The van der Waals surface area contributed by atoms with E-state index in [-0.39, 0.29) is 11.2 Å². The molecule has 0 aromatic rings. The Balaban J connectivity index is 1.51. The second-order valence-electron chi connectivity index (χ2n) is 9.41. The quantitative estimate of drug-likeness (QED) is 0.580. The molecule has 4 fully saturated rings. The van der Waals surface area contributed by atoms with Gasteiger partial charge in [-0.25, -0.2) is 0 Å². The smallest absolute Gasteiger partial charge is 0.174 e. The highest BCUT2D eigenvalue weighted by molar-refractivity contribution is 5.25. The third-order valence-electron chi connectivity index (χ3n) is 8.82. The average Bonchev–Trinajstić information content (AvgIpc) is 3.14. The number of hydrogen-bond donors (Lipinski definition) is 0. The Labute approximate surface area is 141 Å². The van der Waals surface area contributed by atoms with Crippen molar-refractivity contribution < 1.29 is 9.47 Å². The van der Waals surface area contributed by atoms with Crippen LogP contribution >= 0.6 is 0 Å². The van der Waals surface area contributed by atoms with Crippen molar-refractivity contribution in [2.24, 2.45) is 28.6 Å². The fourth-order valence-electron chi connectivity index (χ4n) is 7.58. The highest BCUT2D eigenvalue weighted by Crippen LogP contribution is 2.68. The van der Waals surface area contributed by atoms with E-state index in [0.29, 0.717) is 5.41 Å². The van der Waals surface area contributed by atoms with Gasteiger partial charge in [0, 0.05) is 11.8 Å². The van der Waals surface area contributed by atoms with Crippen LogP contribution in [0.5, 0.6) is 0 Å². The van der Waals surface area contributed by atoms with Gasteiger partial charge in [-0.2, -0.15) is 0 Å². The number of allylic oxidation sites excluding steroid dienone is 2. The van der Waals surface area contributed by atoms with Gasteiger partial charge in [-0.15, -0.1) is 0 Å². The van der Waals surface area contributed by atoms with Crippen molar-refractivity contribution >= 4 is 0 Å². The summed E-state index contributed by atoms with van der Waals surface area (Å²) in [4.78, 5) is 0. The van der Waals surface area contributed by atoms with Crippen molar-refractivity contribution in [3.8, 4) is 0 Å². The molecular formula is C21H32O2. The Morgan fingerprint density at radius 1 is 0.957 bits per heavy atom. The molecule has 0 radical (unpaired) electrons. The number of hydrogen-bond acceptors (Lipinski definition) is 2. The third kappa shape index (κ3) is 1.78. The summed E-state index contributed by atoms with van der Waals surface area (Å²) in [6, 6.07) is 0. The van der Waals surface area contributed by atoms with Crippen LogP contribution in [0, 0.1) is 28.6 Å². The molecule has 4 aliphatic carbocycles. The largest absolute Gasteiger partial charge is 0.347 e. The minimum atomic E-state index is -0.236. The molecule has 1 spiro atoms. The molecule has 0 aromatic carbocycles. The van der Waals surface area contributed by atoms with Gasteiger partial charge in [0.2, 0.25) is 0 Å². The number of rotatable bonds is 0. The Morgan fingerprint density at radius 2 is 1.74 bits per heavy atom. The van der Waals surface area contributed by atoms with E-state index in [2.05, 4.69) is 19.9 Å². The standard InChI is InChI=1S/C21H32O2/c1-19-10-4-3-5-15(19)6-7-16-17(19)8-11-20(2)18(16)9-12-21(20)22-13-14-23-21/h6,16-18H,3-5,7-14H2,1-2H3/t16-,17+,18+,19+,20+/m1/s1. The molecule has 128 valence electrons. The van der Waals surface area contributed by atoms with Crippen molar-refractivity contribution in [1.29, 1.82) is 0 Å². The average molecular weight is 316 g/mol. The summed E-state index contributed by atoms with van der Waals surface area (Å²) in [6.07, 6.45) is 14.8. The predicted molar refractivity (Wildman–Crippen MR) is 91.0 cm³/mol. The molecular weight excluding hydrogens is 284 g/mol. The van der Waals surface area contributed by atoms with Crippen molar-refractivity contribution in [1.82, 2.24) is 0 Å². The molecule has 0 amide bonds. The van der Waals surface area contributed by atoms with Gasteiger partial charge in [0.15, 0.2) is 5.79 Å². The van der Waals surface area contributed by atoms with E-state index in [1.54, 1.807) is 0 Å². The minimum Gasteiger partial charge on any atom is -0.347 e. The number of ether oxygens (including phenoxy) is 2. The SMILES string of the molecule is C[C@]12CCCCC1=CC[C@@H]1[C@@H]2CC[C@@]2(C)[C@H]1CCC21OCCO1. The van der Waals surface area contributed by atoms with Gasteiger partial charge in [-0.3, -0.25) is 0 Å². The predicted octanol–water partition coefficient (Wildman–Crippen LogP) is 5.08. The van der Waals surface area contributed by atoms with Gasteiger partial charge in [-0.1, -0.05) is 31.9 Å². The van der Waals surface area contributed by atoms with Gasteiger partial charge in [0.05, 0.1) is 13.2 Å². The Bertz CT molecular complexity index is 532. The summed E-state index contributed by atoms with van der Waals surface area (Å²) in [5.41, 5.74) is 2.58. The molecule has 0 bridgehead atoms. The summed E-state index contributed by atoms with van der Waals surface area (Å²) in [6.45, 7) is 6.70. The zero-order valence-corrected chi connectivity index (χ0v) is 14.9. The second kappa shape index (κ2) is 4.85. The van der Waals surface area contributed by atoms with Gasteiger partial charge in [0.1, 0.15) is 0 Å². The first kappa shape index (κ1) is 15.0. The van der Waals surface area contributed by atoms with Crippen LogP contribution in [0.1, 0.15) is 71.6 Å². The van der Waals surface area contributed by atoms with Crippen LogP contribution in [-0.2, 0) is 9.47 Å². The van der Waals surface area contributed by atoms with E-state index in [1.807, 2.05) is 5.57 Å². The normalized spacial score (nSPS) is 51.0. The first-order valence-corrected chi connectivity index (χ1v) is 10.1. The van der Waals surface area contributed by atoms with Crippen LogP contribution in [0.25, 0.3) is 0 Å². The lowest BCUT2D eigenvalue weighted by Gasteiger charge is -2.58. The van der Waals surface area contributed by atoms with E-state index in [4.69, 9.17) is 9.47 Å². The summed E-state index contributed by atoms with van der Waals surface area (Å²) < 4.78 is 12.5. The van der Waals surface area contributed by atoms with E-state index < -0.39 is 0 Å². The molecule has 1 aliphatic heterocycles. The van der Waals surface area contributed by atoms with Crippen LogP contribution in [0.2, 0.25) is 0 Å². The first-order chi connectivity index (χ1) is 11.1.